The van der Waals surface area contributed by atoms with Crippen molar-refractivity contribution >= 4 is 11.7 Å². The highest BCUT2D eigenvalue weighted by molar-refractivity contribution is 5.75. The maximum Gasteiger partial charge on any atom is 0.314 e. The van der Waals surface area contributed by atoms with E-state index in [-0.39, 0.29) is 0 Å². The van der Waals surface area contributed by atoms with Gasteiger partial charge in [-0.15, -0.1) is 0 Å². The summed E-state index contributed by atoms with van der Waals surface area (Å²) in [7, 11) is 0. The summed E-state index contributed by atoms with van der Waals surface area (Å²) in [5, 5.41) is 32.2. The second-order valence-corrected chi connectivity index (χ2v) is 5.28. The van der Waals surface area contributed by atoms with Crippen molar-refractivity contribution in [2.24, 2.45) is 5.92 Å². The molecule has 6 heteroatoms. The van der Waals surface area contributed by atoms with E-state index in [0.29, 0.717) is 23.4 Å². The number of anilines is 1. The third-order valence-electron chi connectivity index (χ3n) is 3.85. The van der Waals surface area contributed by atoms with E-state index in [1.54, 1.807) is 12.3 Å². The lowest BCUT2D eigenvalue weighted by Gasteiger charge is -2.33. The molecule has 1 aliphatic heterocycles. The fourth-order valence-electron chi connectivity index (χ4n) is 2.77. The Morgan fingerprint density at radius 3 is 2.59 bits per heavy atom. The van der Waals surface area contributed by atoms with E-state index in [1.165, 1.54) is 0 Å². The molecular weight excluding hydrogens is 284 g/mol. The molecule has 4 N–H and O–H groups in total. The number of nitrogens with one attached hydrogen (secondary N) is 1. The molecule has 0 saturated carbocycles. The molecule has 22 heavy (non-hydrogen) atoms. The number of aliphatic hydroxyl groups excluding tert-OH is 2. The summed E-state index contributed by atoms with van der Waals surface area (Å²) >= 11 is 0. The van der Waals surface area contributed by atoms with Gasteiger partial charge in [0.2, 0.25) is 0 Å². The van der Waals surface area contributed by atoms with Gasteiger partial charge in [-0.25, -0.2) is 0 Å². The van der Waals surface area contributed by atoms with Crippen molar-refractivity contribution < 1.29 is 20.1 Å². The molecule has 0 spiro atoms. The van der Waals surface area contributed by atoms with Gasteiger partial charge in [-0.3, -0.25) is 9.78 Å². The Balaban J connectivity index is 2.01. The SMILES string of the molecule is O=C(O)C1C(O)Nc2ccnc(Cc3ccccc3)c2C1O. The topological polar surface area (TPSA) is 103 Å². The number of carbonyl (C=O) groups is 1. The van der Waals surface area contributed by atoms with Gasteiger partial charge >= 0.3 is 5.97 Å². The number of hydrogen-bond acceptors (Lipinski definition) is 5. The molecular formula is C16H16N2O4. The maximum atomic E-state index is 11.3. The van der Waals surface area contributed by atoms with Crippen LogP contribution in [0.15, 0.2) is 42.6 Å². The predicted octanol–water partition coefficient (Wildman–Crippen LogP) is 1.15. The highest BCUT2D eigenvalue weighted by Gasteiger charge is 2.41. The average molecular weight is 300 g/mol. The van der Waals surface area contributed by atoms with E-state index in [9.17, 15) is 20.1 Å². The van der Waals surface area contributed by atoms with E-state index in [1.807, 2.05) is 30.3 Å². The van der Waals surface area contributed by atoms with Crippen LogP contribution in [0.5, 0.6) is 0 Å². The highest BCUT2D eigenvalue weighted by atomic mass is 16.4. The molecule has 0 amide bonds. The molecule has 0 fully saturated rings. The van der Waals surface area contributed by atoms with E-state index in [2.05, 4.69) is 10.3 Å². The number of fused-ring (bicyclic) bond motifs is 1. The maximum absolute atomic E-state index is 11.3. The van der Waals surface area contributed by atoms with Crippen molar-refractivity contribution in [3.8, 4) is 0 Å². The Morgan fingerprint density at radius 1 is 1.18 bits per heavy atom. The number of hydrogen-bond donors (Lipinski definition) is 4. The first kappa shape index (κ1) is 14.5. The molecule has 1 aromatic heterocycles. The molecule has 1 aliphatic rings. The minimum Gasteiger partial charge on any atom is -0.481 e. The summed E-state index contributed by atoms with van der Waals surface area (Å²) in [6.07, 6.45) is -0.598. The number of aromatic nitrogens is 1. The number of nitrogens with zero attached hydrogens (tertiary/aromatic N) is 1. The van der Waals surface area contributed by atoms with Crippen molar-refractivity contribution in [3.63, 3.8) is 0 Å². The summed E-state index contributed by atoms with van der Waals surface area (Å²) in [4.78, 5) is 15.6. The molecule has 0 radical (unpaired) electrons. The van der Waals surface area contributed by atoms with Crippen LogP contribution in [-0.2, 0) is 11.2 Å². The molecule has 2 aromatic rings. The van der Waals surface area contributed by atoms with Gasteiger partial charge in [-0.05, 0) is 11.6 Å². The molecule has 0 saturated heterocycles. The minimum atomic E-state index is -1.34. The smallest absolute Gasteiger partial charge is 0.314 e. The number of benzene rings is 1. The van der Waals surface area contributed by atoms with Crippen molar-refractivity contribution in [3.05, 3.63) is 59.4 Å². The summed E-state index contributed by atoms with van der Waals surface area (Å²) in [6, 6.07) is 11.2. The van der Waals surface area contributed by atoms with Crippen LogP contribution >= 0.6 is 0 Å². The van der Waals surface area contributed by atoms with Gasteiger partial charge in [0.25, 0.3) is 0 Å². The quantitative estimate of drug-likeness (QED) is 0.678. The van der Waals surface area contributed by atoms with E-state index in [0.717, 1.165) is 5.56 Å². The Kier molecular flexibility index (Phi) is 3.79. The first-order valence-corrected chi connectivity index (χ1v) is 6.95. The van der Waals surface area contributed by atoms with Crippen LogP contribution < -0.4 is 5.32 Å². The summed E-state index contributed by atoms with van der Waals surface area (Å²) < 4.78 is 0. The Labute approximate surface area is 127 Å². The van der Waals surface area contributed by atoms with Crippen LogP contribution in [0.25, 0.3) is 0 Å². The Morgan fingerprint density at radius 2 is 1.91 bits per heavy atom. The normalized spacial score (nSPS) is 23.5. The van der Waals surface area contributed by atoms with E-state index < -0.39 is 24.2 Å². The number of rotatable bonds is 3. The number of aliphatic hydroxyl groups is 2. The van der Waals surface area contributed by atoms with E-state index >= 15 is 0 Å². The summed E-state index contributed by atoms with van der Waals surface area (Å²) in [6.45, 7) is 0. The first-order chi connectivity index (χ1) is 10.6. The van der Waals surface area contributed by atoms with Gasteiger partial charge in [0.15, 0.2) is 0 Å². The molecule has 6 nitrogen and oxygen atoms in total. The summed E-state index contributed by atoms with van der Waals surface area (Å²) in [5.41, 5.74) is 2.55. The largest absolute Gasteiger partial charge is 0.481 e. The van der Waals surface area contributed by atoms with Gasteiger partial charge < -0.3 is 20.6 Å². The van der Waals surface area contributed by atoms with Crippen LogP contribution in [0.3, 0.4) is 0 Å². The average Bonchev–Trinajstić information content (AvgIpc) is 2.47. The number of pyridine rings is 1. The molecule has 0 bridgehead atoms. The molecule has 0 aliphatic carbocycles. The molecule has 1 aromatic carbocycles. The lowest BCUT2D eigenvalue weighted by Crippen LogP contribution is -2.43. The van der Waals surface area contributed by atoms with Gasteiger partial charge in [0, 0.05) is 23.9 Å². The van der Waals surface area contributed by atoms with Gasteiger partial charge in [-0.1, -0.05) is 30.3 Å². The predicted molar refractivity (Wildman–Crippen MR) is 79.2 cm³/mol. The second-order valence-electron chi connectivity index (χ2n) is 5.28. The lowest BCUT2D eigenvalue weighted by atomic mass is 9.87. The minimum absolute atomic E-state index is 0.434. The van der Waals surface area contributed by atoms with Gasteiger partial charge in [0.1, 0.15) is 18.2 Å². The molecule has 3 rings (SSSR count). The van der Waals surface area contributed by atoms with Crippen LogP contribution in [-0.4, -0.2) is 32.5 Å². The second kappa shape index (κ2) is 5.75. The number of aliphatic carboxylic acids is 1. The zero-order valence-electron chi connectivity index (χ0n) is 11.7. The van der Waals surface area contributed by atoms with Crippen LogP contribution in [0.4, 0.5) is 5.69 Å². The van der Waals surface area contributed by atoms with Crippen molar-refractivity contribution in [2.45, 2.75) is 18.8 Å². The molecule has 2 heterocycles. The molecule has 3 atom stereocenters. The van der Waals surface area contributed by atoms with Crippen LogP contribution in [0.1, 0.15) is 22.9 Å². The monoisotopic (exact) mass is 300 g/mol. The fourth-order valence-corrected chi connectivity index (χ4v) is 2.77. The number of carboxylic acid groups (broad SMARTS) is 1. The van der Waals surface area contributed by atoms with Crippen LogP contribution in [0, 0.1) is 5.92 Å². The zero-order valence-corrected chi connectivity index (χ0v) is 11.7. The molecule has 3 unspecified atom stereocenters. The molecule has 114 valence electrons. The van der Waals surface area contributed by atoms with Crippen molar-refractivity contribution in [1.29, 1.82) is 0 Å². The van der Waals surface area contributed by atoms with Crippen LogP contribution in [0.2, 0.25) is 0 Å². The highest BCUT2D eigenvalue weighted by Crippen LogP contribution is 2.38. The van der Waals surface area contributed by atoms with Gasteiger partial charge in [-0.2, -0.15) is 0 Å². The Hall–Kier alpha value is -2.44. The fraction of sp³-hybridized carbons (Fsp3) is 0.250. The third-order valence-corrected chi connectivity index (χ3v) is 3.85. The Bertz CT molecular complexity index is 690. The third kappa shape index (κ3) is 2.54. The standard InChI is InChI=1S/C16H16N2O4/c19-14-12-10(18-15(20)13(14)16(21)22)6-7-17-11(12)8-9-4-2-1-3-5-9/h1-7,13-15,18-20H,8H2,(H,21,22). The van der Waals surface area contributed by atoms with Crippen molar-refractivity contribution in [2.75, 3.05) is 5.32 Å². The number of carboxylic acids is 1. The van der Waals surface area contributed by atoms with Crippen molar-refractivity contribution in [1.82, 2.24) is 4.98 Å². The lowest BCUT2D eigenvalue weighted by molar-refractivity contribution is -0.151. The first-order valence-electron chi connectivity index (χ1n) is 6.95. The van der Waals surface area contributed by atoms with E-state index in [4.69, 9.17) is 0 Å². The van der Waals surface area contributed by atoms with Gasteiger partial charge in [0.05, 0.1) is 5.69 Å². The zero-order chi connectivity index (χ0) is 15.7. The summed E-state index contributed by atoms with van der Waals surface area (Å²) in [5.74, 6) is -2.58.